The molecule has 0 bridgehead atoms. The van der Waals surface area contributed by atoms with Crippen LogP contribution in [0.5, 0.6) is 0 Å². The molecule has 130 valence electrons. The van der Waals surface area contributed by atoms with Crippen LogP contribution in [0.25, 0.3) is 0 Å². The van der Waals surface area contributed by atoms with Crippen LogP contribution in [0.3, 0.4) is 0 Å². The Morgan fingerprint density at radius 1 is 1.50 bits per heavy atom. The summed E-state index contributed by atoms with van der Waals surface area (Å²) < 4.78 is 6.89. The number of hydrogen-bond donors (Lipinski definition) is 1. The van der Waals surface area contributed by atoms with Crippen molar-refractivity contribution in [3.05, 3.63) is 23.5 Å². The Morgan fingerprint density at radius 2 is 2.25 bits per heavy atom. The van der Waals surface area contributed by atoms with Crippen molar-refractivity contribution in [1.82, 2.24) is 24.8 Å². The lowest BCUT2D eigenvalue weighted by Crippen LogP contribution is -2.35. The minimum Gasteiger partial charge on any atom is -0.340 e. The van der Waals surface area contributed by atoms with E-state index in [1.807, 2.05) is 18.5 Å². The van der Waals surface area contributed by atoms with Gasteiger partial charge in [0.25, 0.3) is 0 Å². The van der Waals surface area contributed by atoms with Gasteiger partial charge in [0.1, 0.15) is 5.82 Å². The van der Waals surface area contributed by atoms with Crippen molar-refractivity contribution in [1.29, 1.82) is 0 Å². The molecule has 1 fully saturated rings. The van der Waals surface area contributed by atoms with Crippen LogP contribution < -0.4 is 5.32 Å². The summed E-state index contributed by atoms with van der Waals surface area (Å²) in [5.41, 5.74) is 0.960. The van der Waals surface area contributed by atoms with Crippen molar-refractivity contribution in [3.63, 3.8) is 0 Å². The van der Waals surface area contributed by atoms with E-state index in [1.165, 1.54) is 12.8 Å². The third-order valence-corrected chi connectivity index (χ3v) is 4.46. The molecule has 2 aromatic rings. The van der Waals surface area contributed by atoms with E-state index in [1.54, 1.807) is 18.0 Å². The Bertz CT molecular complexity index is 718. The summed E-state index contributed by atoms with van der Waals surface area (Å²) in [6, 6.07) is 0.108. The molecule has 2 heterocycles. The highest BCUT2D eigenvalue weighted by Gasteiger charge is 2.31. The van der Waals surface area contributed by atoms with Crippen LogP contribution in [0.2, 0.25) is 0 Å². The molecule has 1 unspecified atom stereocenters. The molecular weight excluding hydrogens is 308 g/mol. The van der Waals surface area contributed by atoms with Gasteiger partial charge >= 0.3 is 6.03 Å². The second-order valence-electron chi connectivity index (χ2n) is 6.37. The number of hydrogen-bond acceptors (Lipinski definition) is 5. The molecule has 1 aliphatic carbocycles. The number of rotatable bonds is 6. The molecule has 0 radical (unpaired) electrons. The van der Waals surface area contributed by atoms with Crippen molar-refractivity contribution >= 4 is 11.8 Å². The molecule has 24 heavy (non-hydrogen) atoms. The maximum absolute atomic E-state index is 12.7. The standard InChI is InChI=1S/C16H24N6O2/c1-5-21(9-14-18-12(4)24-20-14)16(23)19-15-10(2)8-17-22(15)11(3)13-6-7-13/h8,11,13H,5-7,9H2,1-4H3,(H,19,23). The number of urea groups is 1. The Hall–Kier alpha value is -2.38. The van der Waals surface area contributed by atoms with Crippen molar-refractivity contribution in [2.45, 2.75) is 53.1 Å². The largest absolute Gasteiger partial charge is 0.340 e. The zero-order valence-electron chi connectivity index (χ0n) is 14.6. The van der Waals surface area contributed by atoms with Crippen LogP contribution in [0.1, 0.15) is 50.0 Å². The van der Waals surface area contributed by atoms with Gasteiger partial charge in [-0.25, -0.2) is 9.48 Å². The molecule has 8 heteroatoms. The summed E-state index contributed by atoms with van der Waals surface area (Å²) in [7, 11) is 0. The smallest absolute Gasteiger partial charge is 0.323 e. The number of carbonyl (C=O) groups is 1. The molecule has 2 aromatic heterocycles. The zero-order chi connectivity index (χ0) is 17.3. The fraction of sp³-hybridized carbons (Fsp3) is 0.625. The van der Waals surface area contributed by atoms with E-state index >= 15 is 0 Å². The summed E-state index contributed by atoms with van der Waals surface area (Å²) in [6.07, 6.45) is 4.25. The highest BCUT2D eigenvalue weighted by Crippen LogP contribution is 2.40. The van der Waals surface area contributed by atoms with Gasteiger partial charge in [-0.2, -0.15) is 10.1 Å². The molecule has 1 N–H and O–H groups in total. The molecule has 3 rings (SSSR count). The van der Waals surface area contributed by atoms with Gasteiger partial charge in [0, 0.05) is 19.0 Å². The molecule has 2 amide bonds. The van der Waals surface area contributed by atoms with E-state index in [0.717, 1.165) is 11.4 Å². The van der Waals surface area contributed by atoms with Crippen molar-refractivity contribution in [3.8, 4) is 0 Å². The number of aromatic nitrogens is 4. The predicted molar refractivity (Wildman–Crippen MR) is 88.5 cm³/mol. The normalized spacial score (nSPS) is 15.3. The van der Waals surface area contributed by atoms with E-state index in [4.69, 9.17) is 4.52 Å². The minimum atomic E-state index is -0.187. The van der Waals surface area contributed by atoms with Gasteiger partial charge in [0.15, 0.2) is 5.82 Å². The highest BCUT2D eigenvalue weighted by molar-refractivity contribution is 5.89. The summed E-state index contributed by atoms with van der Waals surface area (Å²) >= 11 is 0. The summed E-state index contributed by atoms with van der Waals surface area (Å²) in [5, 5.41) is 11.3. The van der Waals surface area contributed by atoms with Gasteiger partial charge < -0.3 is 9.42 Å². The molecule has 0 aromatic carbocycles. The average molecular weight is 332 g/mol. The third kappa shape index (κ3) is 3.42. The number of amides is 2. The van der Waals surface area contributed by atoms with Gasteiger partial charge in [-0.1, -0.05) is 5.16 Å². The number of aryl methyl sites for hydroxylation is 2. The van der Waals surface area contributed by atoms with Crippen LogP contribution in [0, 0.1) is 19.8 Å². The second-order valence-corrected chi connectivity index (χ2v) is 6.37. The lowest BCUT2D eigenvalue weighted by Gasteiger charge is -2.22. The quantitative estimate of drug-likeness (QED) is 0.878. The van der Waals surface area contributed by atoms with Crippen molar-refractivity contribution in [2.75, 3.05) is 11.9 Å². The maximum atomic E-state index is 12.7. The first kappa shape index (κ1) is 16.5. The third-order valence-electron chi connectivity index (χ3n) is 4.46. The van der Waals surface area contributed by atoms with E-state index in [-0.39, 0.29) is 6.03 Å². The van der Waals surface area contributed by atoms with E-state index in [2.05, 4.69) is 27.5 Å². The zero-order valence-corrected chi connectivity index (χ0v) is 14.6. The summed E-state index contributed by atoms with van der Waals surface area (Å²) in [4.78, 5) is 18.5. The van der Waals surface area contributed by atoms with Crippen molar-refractivity contribution < 1.29 is 9.32 Å². The Balaban J connectivity index is 1.72. The molecule has 0 spiro atoms. The first-order chi connectivity index (χ1) is 11.5. The molecular formula is C16H24N6O2. The minimum absolute atomic E-state index is 0.187. The number of anilines is 1. The Kier molecular flexibility index (Phi) is 4.55. The molecule has 1 aliphatic rings. The number of carbonyl (C=O) groups excluding carboxylic acids is 1. The molecule has 0 saturated heterocycles. The average Bonchev–Trinajstić information content (AvgIpc) is 3.24. The van der Waals surface area contributed by atoms with E-state index < -0.39 is 0 Å². The predicted octanol–water partition coefficient (Wildman–Crippen LogP) is 2.91. The van der Waals surface area contributed by atoms with Crippen molar-refractivity contribution in [2.24, 2.45) is 5.92 Å². The van der Waals surface area contributed by atoms with E-state index in [0.29, 0.717) is 36.8 Å². The van der Waals surface area contributed by atoms with Gasteiger partial charge in [-0.05, 0) is 39.5 Å². The van der Waals surface area contributed by atoms with Crippen LogP contribution in [-0.4, -0.2) is 37.4 Å². The maximum Gasteiger partial charge on any atom is 0.323 e. The second kappa shape index (κ2) is 6.62. The Morgan fingerprint density at radius 3 is 2.83 bits per heavy atom. The number of nitrogens with one attached hydrogen (secondary N) is 1. The lowest BCUT2D eigenvalue weighted by atomic mass is 10.2. The topological polar surface area (TPSA) is 89.1 Å². The van der Waals surface area contributed by atoms with Crippen LogP contribution in [0.4, 0.5) is 10.6 Å². The van der Waals surface area contributed by atoms with Gasteiger partial charge in [0.2, 0.25) is 5.89 Å². The molecule has 1 atom stereocenters. The summed E-state index contributed by atoms with van der Waals surface area (Å²) in [6.45, 7) is 8.62. The summed E-state index contributed by atoms with van der Waals surface area (Å²) in [5.74, 6) is 2.42. The van der Waals surface area contributed by atoms with Crippen LogP contribution >= 0.6 is 0 Å². The molecule has 0 aliphatic heterocycles. The van der Waals surface area contributed by atoms with Gasteiger partial charge in [0.05, 0.1) is 18.8 Å². The van der Waals surface area contributed by atoms with E-state index in [9.17, 15) is 4.79 Å². The SMILES string of the molecule is CCN(Cc1noc(C)n1)C(=O)Nc1c(C)cnn1C(C)C1CC1. The highest BCUT2D eigenvalue weighted by atomic mass is 16.5. The Labute approximate surface area is 141 Å². The first-order valence-corrected chi connectivity index (χ1v) is 8.38. The lowest BCUT2D eigenvalue weighted by molar-refractivity contribution is 0.209. The van der Waals surface area contributed by atoms with Crippen LogP contribution in [-0.2, 0) is 6.54 Å². The number of nitrogens with zero attached hydrogens (tertiary/aromatic N) is 5. The fourth-order valence-electron chi connectivity index (χ4n) is 2.78. The monoisotopic (exact) mass is 332 g/mol. The van der Waals surface area contributed by atoms with Gasteiger partial charge in [-0.3, -0.25) is 5.32 Å². The molecule has 8 nitrogen and oxygen atoms in total. The molecule has 1 saturated carbocycles. The fourth-order valence-corrected chi connectivity index (χ4v) is 2.78. The first-order valence-electron chi connectivity index (χ1n) is 8.38. The van der Waals surface area contributed by atoms with Gasteiger partial charge in [-0.15, -0.1) is 0 Å². The van der Waals surface area contributed by atoms with Crippen LogP contribution in [0.15, 0.2) is 10.7 Å².